The largest absolute Gasteiger partial charge is 0.481 e. The number of hydrogen-bond donors (Lipinski definition) is 5. The summed E-state index contributed by atoms with van der Waals surface area (Å²) in [5, 5.41) is 16.6. The molecule has 1 rings (SSSR count). The van der Waals surface area contributed by atoms with Crippen LogP contribution >= 0.6 is 0 Å². The van der Waals surface area contributed by atoms with Gasteiger partial charge in [0.2, 0.25) is 17.7 Å². The summed E-state index contributed by atoms with van der Waals surface area (Å²) < 4.78 is 4.46. The van der Waals surface area contributed by atoms with E-state index in [1.54, 1.807) is 13.8 Å². The SMILES string of the molecule is COC(=O)CC(N)C(=O)NC(C)C(=O)NC(C(=O)NC(CC(=O)O)C(=O)CCCc1ccccc1)C(C)C. The van der Waals surface area contributed by atoms with E-state index in [1.807, 2.05) is 30.3 Å². The maximum absolute atomic E-state index is 13.0. The minimum absolute atomic E-state index is 0.0702. The van der Waals surface area contributed by atoms with Gasteiger partial charge in [0.25, 0.3) is 0 Å². The number of hydrogen-bond acceptors (Lipinski definition) is 8. The number of carbonyl (C=O) groups is 6. The van der Waals surface area contributed by atoms with E-state index >= 15 is 0 Å². The Bertz CT molecular complexity index is 983. The Balaban J connectivity index is 2.77. The zero-order chi connectivity index (χ0) is 28.8. The van der Waals surface area contributed by atoms with Crippen molar-refractivity contribution in [1.82, 2.24) is 16.0 Å². The molecule has 6 N–H and O–H groups in total. The molecule has 0 aliphatic heterocycles. The Kier molecular flexibility index (Phi) is 13.7. The van der Waals surface area contributed by atoms with Crippen molar-refractivity contribution in [2.24, 2.45) is 11.7 Å². The number of esters is 1. The topological polar surface area (TPSA) is 194 Å². The lowest BCUT2D eigenvalue weighted by Gasteiger charge is -2.26. The normalized spacial score (nSPS) is 13.9. The summed E-state index contributed by atoms with van der Waals surface area (Å²) in [4.78, 5) is 73.2. The fourth-order valence-electron chi connectivity index (χ4n) is 3.52. The van der Waals surface area contributed by atoms with E-state index < -0.39 is 71.9 Å². The molecule has 0 radical (unpaired) electrons. The minimum Gasteiger partial charge on any atom is -0.481 e. The molecule has 1 aromatic carbocycles. The van der Waals surface area contributed by atoms with Gasteiger partial charge in [0.15, 0.2) is 5.78 Å². The zero-order valence-electron chi connectivity index (χ0n) is 22.2. The van der Waals surface area contributed by atoms with Crippen LogP contribution in [0.1, 0.15) is 52.0 Å². The molecule has 0 aliphatic carbocycles. The molecule has 0 aliphatic rings. The van der Waals surface area contributed by atoms with Crippen LogP contribution in [0.4, 0.5) is 0 Å². The van der Waals surface area contributed by atoms with Crippen LogP contribution in [0.15, 0.2) is 30.3 Å². The van der Waals surface area contributed by atoms with Gasteiger partial charge in [-0.15, -0.1) is 0 Å². The predicted octanol–water partition coefficient (Wildman–Crippen LogP) is 0.0738. The van der Waals surface area contributed by atoms with Crippen molar-refractivity contribution < 1.29 is 38.6 Å². The first kappa shape index (κ1) is 32.2. The third-order valence-corrected chi connectivity index (χ3v) is 5.77. The molecule has 38 heavy (non-hydrogen) atoms. The van der Waals surface area contributed by atoms with Crippen molar-refractivity contribution in [1.29, 1.82) is 0 Å². The van der Waals surface area contributed by atoms with E-state index in [0.717, 1.165) is 12.7 Å². The first-order valence-corrected chi connectivity index (χ1v) is 12.4. The van der Waals surface area contributed by atoms with Crippen LogP contribution in [0.3, 0.4) is 0 Å². The quantitative estimate of drug-likeness (QED) is 0.182. The van der Waals surface area contributed by atoms with Crippen LogP contribution < -0.4 is 21.7 Å². The van der Waals surface area contributed by atoms with Crippen molar-refractivity contribution in [3.63, 3.8) is 0 Å². The smallest absolute Gasteiger partial charge is 0.307 e. The Hall–Kier alpha value is -3.80. The number of carboxylic acid groups (broad SMARTS) is 1. The highest BCUT2D eigenvalue weighted by molar-refractivity contribution is 5.96. The lowest BCUT2D eigenvalue weighted by Crippen LogP contribution is -2.58. The van der Waals surface area contributed by atoms with Gasteiger partial charge in [0.1, 0.15) is 12.1 Å². The molecule has 1 aromatic rings. The monoisotopic (exact) mass is 534 g/mol. The Morgan fingerprint density at radius 3 is 2.08 bits per heavy atom. The van der Waals surface area contributed by atoms with E-state index in [-0.39, 0.29) is 12.8 Å². The highest BCUT2D eigenvalue weighted by atomic mass is 16.5. The second-order valence-electron chi connectivity index (χ2n) is 9.31. The van der Waals surface area contributed by atoms with Gasteiger partial charge in [-0.05, 0) is 31.2 Å². The lowest BCUT2D eigenvalue weighted by molar-refractivity contribution is -0.143. The second kappa shape index (κ2) is 16.1. The Labute approximate surface area is 222 Å². The third-order valence-electron chi connectivity index (χ3n) is 5.77. The number of carboxylic acids is 1. The molecule has 0 spiro atoms. The van der Waals surface area contributed by atoms with E-state index in [0.29, 0.717) is 12.8 Å². The van der Waals surface area contributed by atoms with Crippen LogP contribution in [0.5, 0.6) is 0 Å². The minimum atomic E-state index is -1.26. The standard InChI is InChI=1S/C26H38N4O8/c1-15(2)23(30-24(35)16(3)28-25(36)18(27)13-22(34)38-4)26(37)29-19(14-21(32)33)20(31)12-8-11-17-9-6-5-7-10-17/h5-7,9-10,15-16,18-19,23H,8,11-14,27H2,1-4H3,(H,28,36)(H,29,37)(H,30,35)(H,32,33). The summed E-state index contributed by atoms with van der Waals surface area (Å²) in [5.41, 5.74) is 6.68. The highest BCUT2D eigenvalue weighted by Crippen LogP contribution is 2.09. The molecule has 0 aromatic heterocycles. The van der Waals surface area contributed by atoms with Crippen molar-refractivity contribution in [3.05, 3.63) is 35.9 Å². The number of nitrogens with two attached hydrogens (primary N) is 1. The molecular weight excluding hydrogens is 496 g/mol. The number of Topliss-reactive ketones (excluding diaryl/α,β-unsaturated/α-hetero) is 1. The number of methoxy groups -OCH3 is 1. The van der Waals surface area contributed by atoms with Crippen molar-refractivity contribution >= 4 is 35.4 Å². The zero-order valence-corrected chi connectivity index (χ0v) is 22.2. The number of rotatable bonds is 16. The van der Waals surface area contributed by atoms with Crippen LogP contribution in [-0.2, 0) is 39.9 Å². The molecule has 210 valence electrons. The van der Waals surface area contributed by atoms with Gasteiger partial charge in [0, 0.05) is 6.42 Å². The van der Waals surface area contributed by atoms with Crippen molar-refractivity contribution in [3.8, 4) is 0 Å². The number of benzene rings is 1. The maximum atomic E-state index is 13.0. The van der Waals surface area contributed by atoms with Crippen LogP contribution in [0.2, 0.25) is 0 Å². The summed E-state index contributed by atoms with van der Waals surface area (Å²) in [6.07, 6.45) is 0.199. The first-order chi connectivity index (χ1) is 17.8. The first-order valence-electron chi connectivity index (χ1n) is 12.4. The number of amides is 3. The number of ether oxygens (including phenoxy) is 1. The molecule has 0 saturated carbocycles. The van der Waals surface area contributed by atoms with E-state index in [4.69, 9.17) is 5.73 Å². The maximum Gasteiger partial charge on any atom is 0.307 e. The average Bonchev–Trinajstić information content (AvgIpc) is 2.86. The number of nitrogens with one attached hydrogen (secondary N) is 3. The summed E-state index contributed by atoms with van der Waals surface area (Å²) >= 11 is 0. The van der Waals surface area contributed by atoms with E-state index in [9.17, 15) is 33.9 Å². The van der Waals surface area contributed by atoms with Crippen molar-refractivity contribution in [2.75, 3.05) is 7.11 Å². The van der Waals surface area contributed by atoms with E-state index in [2.05, 4.69) is 20.7 Å². The fraction of sp³-hybridized carbons (Fsp3) is 0.538. The molecule has 12 nitrogen and oxygen atoms in total. The van der Waals surface area contributed by atoms with Gasteiger partial charge in [0.05, 0.1) is 32.0 Å². The molecule has 3 amide bonds. The Morgan fingerprint density at radius 2 is 1.53 bits per heavy atom. The summed E-state index contributed by atoms with van der Waals surface area (Å²) in [7, 11) is 1.15. The van der Waals surface area contributed by atoms with Crippen LogP contribution in [-0.4, -0.2) is 71.8 Å². The molecular formula is C26H38N4O8. The van der Waals surface area contributed by atoms with Crippen LogP contribution in [0, 0.1) is 5.92 Å². The molecule has 4 unspecified atom stereocenters. The number of carbonyl (C=O) groups excluding carboxylic acids is 5. The molecule has 0 heterocycles. The van der Waals surface area contributed by atoms with E-state index in [1.165, 1.54) is 6.92 Å². The highest BCUT2D eigenvalue weighted by Gasteiger charge is 2.31. The number of aliphatic carboxylic acids is 1. The van der Waals surface area contributed by atoms with Gasteiger partial charge < -0.3 is 31.5 Å². The summed E-state index contributed by atoms with van der Waals surface area (Å²) in [6, 6.07) is 4.79. The third kappa shape index (κ3) is 11.5. The second-order valence-corrected chi connectivity index (χ2v) is 9.31. The molecule has 12 heteroatoms. The summed E-state index contributed by atoms with van der Waals surface area (Å²) in [5.74, 6) is -4.99. The molecule has 0 fully saturated rings. The van der Waals surface area contributed by atoms with Gasteiger partial charge in [-0.25, -0.2) is 0 Å². The number of ketones is 1. The van der Waals surface area contributed by atoms with Crippen molar-refractivity contribution in [2.45, 2.75) is 77.0 Å². The van der Waals surface area contributed by atoms with Gasteiger partial charge in [-0.1, -0.05) is 44.2 Å². The molecule has 0 saturated heterocycles. The fourth-order valence-corrected chi connectivity index (χ4v) is 3.52. The predicted molar refractivity (Wildman–Crippen MR) is 138 cm³/mol. The van der Waals surface area contributed by atoms with Gasteiger partial charge in [-0.2, -0.15) is 0 Å². The lowest BCUT2D eigenvalue weighted by atomic mass is 9.99. The van der Waals surface area contributed by atoms with Crippen LogP contribution in [0.25, 0.3) is 0 Å². The average molecular weight is 535 g/mol. The molecule has 4 atom stereocenters. The van der Waals surface area contributed by atoms with Gasteiger partial charge in [-0.3, -0.25) is 28.8 Å². The Morgan fingerprint density at radius 1 is 0.895 bits per heavy atom. The number of aryl methyl sites for hydroxylation is 1. The molecule has 0 bridgehead atoms. The van der Waals surface area contributed by atoms with Gasteiger partial charge >= 0.3 is 11.9 Å². The summed E-state index contributed by atoms with van der Waals surface area (Å²) in [6.45, 7) is 4.69.